The molecule has 2 fully saturated rings. The number of carboxylic acids is 2. The Bertz CT molecular complexity index is 1490. The fourth-order valence-electron chi connectivity index (χ4n) is 4.80. The fraction of sp³-hybridized carbons (Fsp3) is 0.250. The smallest absolute Gasteiger partial charge is 0.352 e. The van der Waals surface area contributed by atoms with Gasteiger partial charge in [-0.1, -0.05) is 12.1 Å². The molecule has 213 valence electrons. The van der Waals surface area contributed by atoms with Crippen LogP contribution in [0.15, 0.2) is 76.3 Å². The normalized spacial score (nSPS) is 20.6. The van der Waals surface area contributed by atoms with Crippen molar-refractivity contribution in [3.05, 3.63) is 82.6 Å². The average molecular weight is 619 g/mol. The van der Waals surface area contributed by atoms with E-state index in [9.17, 15) is 34.2 Å². The fourth-order valence-corrected chi connectivity index (χ4v) is 6.81. The number of nitrogens with one attached hydrogen (secondary N) is 1. The number of β-lactam (4-membered cyclic amide) rings is 1. The zero-order chi connectivity index (χ0) is 29.3. The number of nitrogens with zero attached hydrogens (tertiary/aromatic N) is 2. The van der Waals surface area contributed by atoms with Crippen molar-refractivity contribution in [2.75, 3.05) is 18.1 Å². The third-order valence-electron chi connectivity index (χ3n) is 6.86. The van der Waals surface area contributed by atoms with Crippen LogP contribution in [0.5, 0.6) is 5.75 Å². The average Bonchev–Trinajstić information content (AvgIpc) is 3.29. The summed E-state index contributed by atoms with van der Waals surface area (Å²) in [6.07, 6.45) is 2.00. The molecule has 42 heavy (non-hydrogen) atoms. The van der Waals surface area contributed by atoms with Gasteiger partial charge in [-0.25, -0.2) is 9.59 Å². The number of hydrogen-bond donors (Lipinski definition) is 4. The molecule has 1 radical (unpaired) electrons. The van der Waals surface area contributed by atoms with Crippen LogP contribution in [0.2, 0.25) is 0 Å². The Labute approximate surface area is 271 Å². The quantitative estimate of drug-likeness (QED) is 0.141. The van der Waals surface area contributed by atoms with Crippen LogP contribution in [0.1, 0.15) is 22.3 Å². The van der Waals surface area contributed by atoms with Crippen LogP contribution in [-0.4, -0.2) is 114 Å². The molecule has 3 aliphatic heterocycles. The van der Waals surface area contributed by atoms with Gasteiger partial charge in [0, 0.05) is 58.9 Å². The standard InChI is InChI=1S/C28H25N3O8S2.Na/c32-19-5-1-15(2-6-19)12-30-10-9-17(24(30)34)11-18-13-41-26-22(25(35)31(26)23(18)28(38)39)29-21(33)14-40-20-7-3-16(4-8-20)27(36)37;/h1-8,11,22,26,32H,9-10,12-14H2,(H,29,33)(H,36,37)(H,38,39);/t22-,26-;/m1./s1. The number of aromatic carboxylic acids is 1. The van der Waals surface area contributed by atoms with Crippen LogP contribution in [0, 0.1) is 0 Å². The molecule has 5 rings (SSSR count). The number of allylic oxidation sites excluding steroid dienone is 1. The molecule has 2 atom stereocenters. The summed E-state index contributed by atoms with van der Waals surface area (Å²) < 4.78 is 0. The molecule has 2 aromatic carbocycles. The first-order valence-electron chi connectivity index (χ1n) is 12.6. The molecule has 4 N–H and O–H groups in total. The molecule has 3 heterocycles. The van der Waals surface area contributed by atoms with Gasteiger partial charge in [-0.05, 0) is 60.0 Å². The van der Waals surface area contributed by atoms with E-state index in [-0.39, 0.29) is 64.0 Å². The maximum absolute atomic E-state index is 13.0. The Hall–Kier alpha value is -3.23. The number of phenolic OH excluding ortho intramolecular Hbond substituents is 1. The first kappa shape index (κ1) is 31.7. The van der Waals surface area contributed by atoms with Gasteiger partial charge in [0.2, 0.25) is 11.8 Å². The monoisotopic (exact) mass is 618 g/mol. The summed E-state index contributed by atoms with van der Waals surface area (Å²) in [5, 5.41) is 30.5. The number of rotatable bonds is 9. The number of hydrogen-bond acceptors (Lipinski definition) is 8. The van der Waals surface area contributed by atoms with Crippen LogP contribution in [0.25, 0.3) is 0 Å². The molecular formula is C28H25N3NaO8S2. The van der Waals surface area contributed by atoms with Gasteiger partial charge in [0.25, 0.3) is 5.91 Å². The van der Waals surface area contributed by atoms with E-state index in [4.69, 9.17) is 5.11 Å². The number of carbonyl (C=O) groups excluding carboxylic acids is 3. The van der Waals surface area contributed by atoms with Crippen LogP contribution < -0.4 is 5.32 Å². The number of likely N-dealkylation sites (tertiary alicyclic amines) is 1. The van der Waals surface area contributed by atoms with Crippen molar-refractivity contribution < 1.29 is 39.3 Å². The molecule has 0 spiro atoms. The molecular weight excluding hydrogens is 593 g/mol. The topological polar surface area (TPSA) is 165 Å². The van der Waals surface area contributed by atoms with E-state index < -0.39 is 35.2 Å². The van der Waals surface area contributed by atoms with Gasteiger partial charge in [0.1, 0.15) is 22.9 Å². The van der Waals surface area contributed by atoms with Gasteiger partial charge in [-0.2, -0.15) is 0 Å². The van der Waals surface area contributed by atoms with Crippen molar-refractivity contribution in [1.82, 2.24) is 15.1 Å². The summed E-state index contributed by atoms with van der Waals surface area (Å²) in [5.74, 6) is -3.11. The van der Waals surface area contributed by atoms with E-state index in [1.165, 1.54) is 40.6 Å². The molecule has 14 heteroatoms. The summed E-state index contributed by atoms with van der Waals surface area (Å²) in [5.41, 5.74) is 1.63. The van der Waals surface area contributed by atoms with E-state index in [1.54, 1.807) is 47.4 Å². The van der Waals surface area contributed by atoms with Gasteiger partial charge in [-0.3, -0.25) is 19.3 Å². The number of fused-ring (bicyclic) bond motifs is 1. The SMILES string of the molecule is O=C(CSc1ccc(C(=O)O)cc1)N[C@@H]1C(=O)N2C(C(=O)O)=C(C=C3CCN(Cc4ccc(O)cc4)C3=O)CS[C@H]12.[Na]. The first-order valence-corrected chi connectivity index (χ1v) is 14.6. The van der Waals surface area contributed by atoms with Crippen molar-refractivity contribution >= 4 is 82.7 Å². The number of thioether (sulfide) groups is 2. The number of benzene rings is 2. The zero-order valence-corrected chi connectivity index (χ0v) is 26.1. The largest absolute Gasteiger partial charge is 0.508 e. The predicted octanol–water partition coefficient (Wildman–Crippen LogP) is 1.90. The number of carbonyl (C=O) groups is 5. The Balaban J connectivity index is 0.00000405. The second-order valence-corrected chi connectivity index (χ2v) is 11.7. The number of phenols is 1. The second-order valence-electron chi connectivity index (χ2n) is 9.56. The van der Waals surface area contributed by atoms with Crippen molar-refractivity contribution in [1.29, 1.82) is 0 Å². The maximum Gasteiger partial charge on any atom is 0.352 e. The first-order chi connectivity index (χ1) is 19.6. The minimum absolute atomic E-state index is 0. The van der Waals surface area contributed by atoms with E-state index in [1.807, 2.05) is 0 Å². The van der Waals surface area contributed by atoms with Gasteiger partial charge < -0.3 is 25.5 Å². The Morgan fingerprint density at radius 3 is 2.36 bits per heavy atom. The molecule has 0 aliphatic carbocycles. The zero-order valence-electron chi connectivity index (χ0n) is 22.5. The van der Waals surface area contributed by atoms with Crippen molar-refractivity contribution in [3.63, 3.8) is 0 Å². The van der Waals surface area contributed by atoms with Crippen molar-refractivity contribution in [3.8, 4) is 5.75 Å². The number of carboxylic acid groups (broad SMARTS) is 2. The van der Waals surface area contributed by atoms with E-state index in [0.29, 0.717) is 35.6 Å². The second kappa shape index (κ2) is 13.4. The summed E-state index contributed by atoms with van der Waals surface area (Å²) in [6.45, 7) is 0.825. The number of aliphatic carboxylic acids is 1. The molecule has 0 saturated carbocycles. The predicted molar refractivity (Wildman–Crippen MR) is 156 cm³/mol. The van der Waals surface area contributed by atoms with Crippen LogP contribution >= 0.6 is 23.5 Å². The minimum atomic E-state index is -1.29. The van der Waals surface area contributed by atoms with Crippen LogP contribution in [0.3, 0.4) is 0 Å². The number of aromatic hydroxyl groups is 1. The van der Waals surface area contributed by atoms with E-state index in [0.717, 1.165) is 5.56 Å². The third kappa shape index (κ3) is 6.70. The van der Waals surface area contributed by atoms with E-state index >= 15 is 0 Å². The summed E-state index contributed by atoms with van der Waals surface area (Å²) in [6, 6.07) is 11.7. The molecule has 0 aromatic heterocycles. The van der Waals surface area contributed by atoms with Gasteiger partial charge in [0.05, 0.1) is 11.3 Å². The van der Waals surface area contributed by atoms with Crippen LogP contribution in [0.4, 0.5) is 0 Å². The summed E-state index contributed by atoms with van der Waals surface area (Å²) in [7, 11) is 0. The van der Waals surface area contributed by atoms with Crippen molar-refractivity contribution in [2.24, 2.45) is 0 Å². The number of amides is 3. The van der Waals surface area contributed by atoms with Gasteiger partial charge >= 0.3 is 11.9 Å². The Morgan fingerprint density at radius 2 is 1.71 bits per heavy atom. The molecule has 3 amide bonds. The Morgan fingerprint density at radius 1 is 1.02 bits per heavy atom. The molecule has 2 aromatic rings. The maximum atomic E-state index is 13.0. The molecule has 2 saturated heterocycles. The van der Waals surface area contributed by atoms with Gasteiger partial charge in [-0.15, -0.1) is 23.5 Å². The molecule has 3 aliphatic rings. The van der Waals surface area contributed by atoms with E-state index in [2.05, 4.69) is 5.32 Å². The van der Waals surface area contributed by atoms with Gasteiger partial charge in [0.15, 0.2) is 0 Å². The van der Waals surface area contributed by atoms with Crippen LogP contribution in [-0.2, 0) is 25.7 Å². The molecule has 0 unspecified atom stereocenters. The third-order valence-corrected chi connectivity index (χ3v) is 9.17. The van der Waals surface area contributed by atoms with Crippen molar-refractivity contribution in [2.45, 2.75) is 29.3 Å². The summed E-state index contributed by atoms with van der Waals surface area (Å²) in [4.78, 5) is 65.2. The molecule has 0 bridgehead atoms. The summed E-state index contributed by atoms with van der Waals surface area (Å²) >= 11 is 2.50. The Kier molecular flexibility index (Phi) is 10.1. The molecule has 11 nitrogen and oxygen atoms in total. The minimum Gasteiger partial charge on any atom is -0.508 e.